The second-order valence-corrected chi connectivity index (χ2v) is 4.30. The van der Waals surface area contributed by atoms with Gasteiger partial charge in [0.05, 0.1) is 6.61 Å². The normalized spacial score (nSPS) is 14.4. The maximum absolute atomic E-state index is 11.9. The zero-order valence-electron chi connectivity index (χ0n) is 10.3. The molecule has 0 saturated heterocycles. The summed E-state index contributed by atoms with van der Waals surface area (Å²) in [6, 6.07) is 3.92. The van der Waals surface area contributed by atoms with Gasteiger partial charge in [-0.15, -0.1) is 0 Å². The topological polar surface area (TPSA) is 95.9 Å². The third-order valence-corrected chi connectivity index (χ3v) is 2.97. The van der Waals surface area contributed by atoms with Gasteiger partial charge in [-0.25, -0.2) is 4.79 Å². The van der Waals surface area contributed by atoms with E-state index < -0.39 is 17.9 Å². The van der Waals surface area contributed by atoms with Crippen LogP contribution in [0.3, 0.4) is 0 Å². The van der Waals surface area contributed by atoms with Gasteiger partial charge in [0.1, 0.15) is 11.8 Å². The Kier molecular flexibility index (Phi) is 4.01. The van der Waals surface area contributed by atoms with Crippen molar-refractivity contribution in [2.24, 2.45) is 0 Å². The average Bonchev–Trinajstić information content (AvgIpc) is 2.85. The Morgan fingerprint density at radius 1 is 1.42 bits per heavy atom. The van der Waals surface area contributed by atoms with Crippen LogP contribution in [0.25, 0.3) is 0 Å². The zero-order valence-corrected chi connectivity index (χ0v) is 10.3. The maximum Gasteiger partial charge on any atom is 0.326 e. The van der Waals surface area contributed by atoms with Gasteiger partial charge < -0.3 is 20.3 Å². The predicted octanol–water partition coefficient (Wildman–Crippen LogP) is 0.187. The minimum atomic E-state index is -1.16. The fraction of sp³-hybridized carbons (Fsp3) is 0.385. The Morgan fingerprint density at radius 3 is 2.89 bits per heavy atom. The number of aliphatic hydroxyl groups excluding tert-OH is 1. The largest absolute Gasteiger partial charge is 0.493 e. The van der Waals surface area contributed by atoms with E-state index >= 15 is 0 Å². The van der Waals surface area contributed by atoms with E-state index in [9.17, 15) is 9.59 Å². The highest BCUT2D eigenvalue weighted by Gasteiger charge is 2.21. The molecule has 1 aliphatic rings. The van der Waals surface area contributed by atoms with Crippen molar-refractivity contribution in [2.45, 2.75) is 18.9 Å². The van der Waals surface area contributed by atoms with Crippen LogP contribution in [0.5, 0.6) is 5.75 Å². The minimum Gasteiger partial charge on any atom is -0.493 e. The van der Waals surface area contributed by atoms with Crippen molar-refractivity contribution < 1.29 is 24.5 Å². The maximum atomic E-state index is 11.9. The summed E-state index contributed by atoms with van der Waals surface area (Å²) in [5.41, 5.74) is 1.34. The molecule has 6 heteroatoms. The predicted molar refractivity (Wildman–Crippen MR) is 66.2 cm³/mol. The second-order valence-electron chi connectivity index (χ2n) is 4.30. The van der Waals surface area contributed by atoms with Crippen LogP contribution < -0.4 is 10.1 Å². The summed E-state index contributed by atoms with van der Waals surface area (Å²) in [4.78, 5) is 22.8. The van der Waals surface area contributed by atoms with Crippen molar-refractivity contribution in [3.8, 4) is 5.75 Å². The third kappa shape index (κ3) is 3.03. The first-order valence-corrected chi connectivity index (χ1v) is 6.02. The lowest BCUT2D eigenvalue weighted by Crippen LogP contribution is -2.41. The molecule has 1 amide bonds. The summed E-state index contributed by atoms with van der Waals surface area (Å²) in [5.74, 6) is -0.857. The molecule has 3 N–H and O–H groups in total. The van der Waals surface area contributed by atoms with Crippen molar-refractivity contribution in [1.82, 2.24) is 5.32 Å². The standard InChI is InChI=1S/C13H15NO5/c15-5-3-10(13(17)18)14-12(16)9-1-2-11-8(7-9)4-6-19-11/h1-2,7,10,15H,3-6H2,(H,14,16)(H,17,18). The van der Waals surface area contributed by atoms with Crippen LogP contribution in [0.2, 0.25) is 0 Å². The number of hydrogen-bond donors (Lipinski definition) is 3. The number of fused-ring (bicyclic) bond motifs is 1. The van der Waals surface area contributed by atoms with Crippen LogP contribution in [0, 0.1) is 0 Å². The number of aliphatic carboxylic acids is 1. The zero-order chi connectivity index (χ0) is 13.8. The Hall–Kier alpha value is -2.08. The first-order chi connectivity index (χ1) is 9.11. The van der Waals surface area contributed by atoms with Crippen LogP contribution in [-0.2, 0) is 11.2 Å². The van der Waals surface area contributed by atoms with Crippen LogP contribution in [0.15, 0.2) is 18.2 Å². The number of ether oxygens (including phenoxy) is 1. The fourth-order valence-electron chi connectivity index (χ4n) is 1.96. The van der Waals surface area contributed by atoms with E-state index in [1.54, 1.807) is 18.2 Å². The van der Waals surface area contributed by atoms with E-state index in [4.69, 9.17) is 14.9 Å². The van der Waals surface area contributed by atoms with Crippen molar-refractivity contribution in [3.05, 3.63) is 29.3 Å². The van der Waals surface area contributed by atoms with Crippen molar-refractivity contribution in [3.63, 3.8) is 0 Å². The second kappa shape index (κ2) is 5.71. The highest BCUT2D eigenvalue weighted by molar-refractivity contribution is 5.96. The van der Waals surface area contributed by atoms with Crippen LogP contribution in [0.1, 0.15) is 22.3 Å². The minimum absolute atomic E-state index is 0.0187. The van der Waals surface area contributed by atoms with Crippen molar-refractivity contribution in [1.29, 1.82) is 0 Å². The van der Waals surface area contributed by atoms with Gasteiger partial charge in [-0.3, -0.25) is 4.79 Å². The third-order valence-electron chi connectivity index (χ3n) is 2.97. The number of benzene rings is 1. The molecule has 102 valence electrons. The number of carbonyl (C=O) groups is 2. The van der Waals surface area contributed by atoms with Gasteiger partial charge in [0.25, 0.3) is 5.91 Å². The Bertz CT molecular complexity index is 500. The molecule has 0 fully saturated rings. The molecule has 19 heavy (non-hydrogen) atoms. The molecule has 0 aliphatic carbocycles. The summed E-state index contributed by atoms with van der Waals surface area (Å²) >= 11 is 0. The number of carbonyl (C=O) groups excluding carboxylic acids is 1. The molecule has 1 atom stereocenters. The van der Waals surface area contributed by atoms with Gasteiger partial charge in [-0.2, -0.15) is 0 Å². The van der Waals surface area contributed by atoms with Gasteiger partial charge in [0.2, 0.25) is 0 Å². The highest BCUT2D eigenvalue weighted by atomic mass is 16.5. The Labute approximate surface area is 110 Å². The Balaban J connectivity index is 2.09. The molecule has 0 aromatic heterocycles. The quantitative estimate of drug-likeness (QED) is 0.706. The van der Waals surface area contributed by atoms with Gasteiger partial charge in [0.15, 0.2) is 0 Å². The Morgan fingerprint density at radius 2 is 2.21 bits per heavy atom. The number of carboxylic acids is 1. The smallest absolute Gasteiger partial charge is 0.326 e. The van der Waals surface area contributed by atoms with E-state index in [0.717, 1.165) is 17.7 Å². The first kappa shape index (κ1) is 13.4. The molecule has 0 radical (unpaired) electrons. The molecular weight excluding hydrogens is 250 g/mol. The molecule has 2 rings (SSSR count). The summed E-state index contributed by atoms with van der Waals surface area (Å²) in [6.07, 6.45) is 0.727. The average molecular weight is 265 g/mol. The SMILES string of the molecule is O=C(NC(CCO)C(=O)O)c1ccc2c(c1)CCO2. The molecule has 1 unspecified atom stereocenters. The lowest BCUT2D eigenvalue weighted by Gasteiger charge is -2.13. The monoisotopic (exact) mass is 265 g/mol. The fourth-order valence-corrected chi connectivity index (χ4v) is 1.96. The van der Waals surface area contributed by atoms with E-state index in [0.29, 0.717) is 12.2 Å². The molecule has 6 nitrogen and oxygen atoms in total. The van der Waals surface area contributed by atoms with Gasteiger partial charge in [0, 0.05) is 25.0 Å². The lowest BCUT2D eigenvalue weighted by molar-refractivity contribution is -0.139. The van der Waals surface area contributed by atoms with Crippen molar-refractivity contribution >= 4 is 11.9 Å². The van der Waals surface area contributed by atoms with Crippen LogP contribution >= 0.6 is 0 Å². The molecule has 1 aromatic carbocycles. The molecule has 1 heterocycles. The van der Waals surface area contributed by atoms with Gasteiger partial charge >= 0.3 is 5.97 Å². The summed E-state index contributed by atoms with van der Waals surface area (Å²) in [5, 5.41) is 20.1. The van der Waals surface area contributed by atoms with Crippen molar-refractivity contribution in [2.75, 3.05) is 13.2 Å². The van der Waals surface area contributed by atoms with E-state index in [-0.39, 0.29) is 13.0 Å². The van der Waals surface area contributed by atoms with Crippen LogP contribution in [0.4, 0.5) is 0 Å². The molecule has 0 spiro atoms. The molecule has 0 bridgehead atoms. The number of nitrogens with one attached hydrogen (secondary N) is 1. The van der Waals surface area contributed by atoms with E-state index in [2.05, 4.69) is 5.32 Å². The van der Waals surface area contributed by atoms with E-state index in [1.165, 1.54) is 0 Å². The lowest BCUT2D eigenvalue weighted by atomic mass is 10.1. The highest BCUT2D eigenvalue weighted by Crippen LogP contribution is 2.25. The van der Waals surface area contributed by atoms with Gasteiger partial charge in [-0.1, -0.05) is 0 Å². The number of rotatable bonds is 5. The van der Waals surface area contributed by atoms with Gasteiger partial charge in [-0.05, 0) is 23.8 Å². The molecule has 1 aromatic rings. The molecular formula is C13H15NO5. The van der Waals surface area contributed by atoms with E-state index in [1.807, 2.05) is 0 Å². The summed E-state index contributed by atoms with van der Waals surface area (Å²) < 4.78 is 5.33. The number of carboxylic acid groups (broad SMARTS) is 1. The van der Waals surface area contributed by atoms with Crippen LogP contribution in [-0.4, -0.2) is 41.3 Å². The molecule has 1 aliphatic heterocycles. The number of hydrogen-bond acceptors (Lipinski definition) is 4. The summed E-state index contributed by atoms with van der Waals surface area (Å²) in [7, 11) is 0. The number of aliphatic hydroxyl groups is 1. The molecule has 0 saturated carbocycles. The summed E-state index contributed by atoms with van der Waals surface area (Å²) in [6.45, 7) is 0.304. The number of amides is 1. The first-order valence-electron chi connectivity index (χ1n) is 6.02.